The molecule has 0 unspecified atom stereocenters. The van der Waals surface area contributed by atoms with Crippen molar-refractivity contribution in [3.8, 4) is 0 Å². The van der Waals surface area contributed by atoms with Gasteiger partial charge in [-0.2, -0.15) is 0 Å². The second-order valence-corrected chi connectivity index (χ2v) is 7.34. The fraction of sp³-hybridized carbons (Fsp3) is 0.192. The molecule has 2 atom stereocenters. The molecule has 8 heteroatoms. The third-order valence-electron chi connectivity index (χ3n) is 4.82. The van der Waals surface area contributed by atoms with Crippen LogP contribution in [-0.4, -0.2) is 35.2 Å². The minimum atomic E-state index is -2.07. The maximum absolute atomic E-state index is 12.4. The molecule has 3 aromatic rings. The highest BCUT2D eigenvalue weighted by atomic mass is 16.5. The van der Waals surface area contributed by atoms with Crippen LogP contribution in [0.1, 0.15) is 29.7 Å². The van der Waals surface area contributed by atoms with Crippen molar-refractivity contribution in [2.24, 2.45) is 0 Å². The highest BCUT2D eigenvalue weighted by molar-refractivity contribution is 6.26. The predicted molar refractivity (Wildman–Crippen MR) is 121 cm³/mol. The first-order valence-corrected chi connectivity index (χ1v) is 10.5. The van der Waals surface area contributed by atoms with Gasteiger partial charge in [0.05, 0.1) is 0 Å². The molecule has 0 aliphatic carbocycles. The van der Waals surface area contributed by atoms with Gasteiger partial charge in [0.1, 0.15) is 18.8 Å². The van der Waals surface area contributed by atoms with E-state index in [1.165, 1.54) is 0 Å². The van der Waals surface area contributed by atoms with E-state index in [9.17, 15) is 4.79 Å². The number of carboxylic acids is 2. The first-order chi connectivity index (χ1) is 16.3. The lowest BCUT2D eigenvalue weighted by Crippen LogP contribution is -2.70. The molecule has 0 amide bonds. The summed E-state index contributed by atoms with van der Waals surface area (Å²) in [4.78, 5) is 30.5. The summed E-state index contributed by atoms with van der Waals surface area (Å²) >= 11 is 0. The smallest absolute Gasteiger partial charge is 0.367 e. The molecular formula is C26H27NO7. The fourth-order valence-corrected chi connectivity index (χ4v) is 2.94. The van der Waals surface area contributed by atoms with Crippen LogP contribution in [0.2, 0.25) is 0 Å². The van der Waals surface area contributed by atoms with E-state index in [0.29, 0.717) is 0 Å². The second-order valence-electron chi connectivity index (χ2n) is 7.34. The average molecular weight is 466 g/mol. The van der Waals surface area contributed by atoms with Crippen LogP contribution in [0.3, 0.4) is 0 Å². The van der Waals surface area contributed by atoms with E-state index >= 15 is 0 Å². The summed E-state index contributed by atoms with van der Waals surface area (Å²) in [5, 5.41) is 16.3. The topological polar surface area (TPSA) is 141 Å². The molecule has 0 saturated carbocycles. The molecule has 0 bridgehead atoms. The Kier molecular flexibility index (Phi) is 10.4. The SMILES string of the molecule is C[C@H](OC(c1ccccc1)c1ccccc1)[C@H]([NH3+])C(=O)OCc1ccccc1.O=C([O-])C(=O)O. The number of carboxylic acid groups (broad SMARTS) is 2. The van der Waals surface area contributed by atoms with Crippen molar-refractivity contribution in [1.82, 2.24) is 0 Å². The lowest BCUT2D eigenvalue weighted by Gasteiger charge is -2.24. The molecule has 0 aliphatic rings. The van der Waals surface area contributed by atoms with E-state index < -0.39 is 24.1 Å². The van der Waals surface area contributed by atoms with Crippen LogP contribution in [0.5, 0.6) is 0 Å². The highest BCUT2D eigenvalue weighted by Crippen LogP contribution is 2.27. The molecule has 0 aliphatic heterocycles. The third-order valence-corrected chi connectivity index (χ3v) is 4.82. The van der Waals surface area contributed by atoms with Gasteiger partial charge in [-0.1, -0.05) is 91.0 Å². The summed E-state index contributed by atoms with van der Waals surface area (Å²) in [6, 6.07) is 28.9. The first kappa shape index (κ1) is 26.2. The summed E-state index contributed by atoms with van der Waals surface area (Å²) in [7, 11) is 0. The summed E-state index contributed by atoms with van der Waals surface area (Å²) in [6.07, 6.45) is -0.683. The third kappa shape index (κ3) is 8.50. The standard InChI is InChI=1S/C24H25NO3.C2H2O4/c1-18(22(25)24(26)27-17-19-11-5-2-6-12-19)28-23(20-13-7-3-8-14-20)21-15-9-4-10-16-21;3-1(4)2(5)6/h2-16,18,22-23H,17,25H2,1H3;(H,3,4)(H,5,6)/t18-,22-;/m0./s1. The molecule has 34 heavy (non-hydrogen) atoms. The van der Waals surface area contributed by atoms with Gasteiger partial charge in [0.2, 0.25) is 6.04 Å². The Morgan fingerprint density at radius 3 is 1.68 bits per heavy atom. The fourth-order valence-electron chi connectivity index (χ4n) is 2.94. The molecule has 0 aromatic heterocycles. The Hall–Kier alpha value is -4.01. The van der Waals surface area contributed by atoms with E-state index in [1.807, 2.05) is 97.9 Å². The van der Waals surface area contributed by atoms with Crippen molar-refractivity contribution in [2.45, 2.75) is 31.8 Å². The van der Waals surface area contributed by atoms with Gasteiger partial charge in [0, 0.05) is 0 Å². The summed E-state index contributed by atoms with van der Waals surface area (Å²) in [5.74, 6) is -4.37. The van der Waals surface area contributed by atoms with Gasteiger partial charge in [-0.25, -0.2) is 9.59 Å². The van der Waals surface area contributed by atoms with Crippen LogP contribution in [0.25, 0.3) is 0 Å². The predicted octanol–water partition coefficient (Wildman–Crippen LogP) is 1.36. The van der Waals surface area contributed by atoms with Gasteiger partial charge in [-0.15, -0.1) is 0 Å². The van der Waals surface area contributed by atoms with Gasteiger partial charge in [-0.3, -0.25) is 0 Å². The molecule has 0 radical (unpaired) electrons. The number of aliphatic carboxylic acids is 2. The number of carbonyl (C=O) groups excluding carboxylic acids is 2. The highest BCUT2D eigenvalue weighted by Gasteiger charge is 2.30. The second kappa shape index (κ2) is 13.5. The van der Waals surface area contributed by atoms with Crippen LogP contribution in [0.15, 0.2) is 91.0 Å². The molecule has 0 saturated heterocycles. The molecule has 3 aromatic carbocycles. The van der Waals surface area contributed by atoms with Crippen LogP contribution in [0.4, 0.5) is 0 Å². The van der Waals surface area contributed by atoms with E-state index in [0.717, 1.165) is 16.7 Å². The van der Waals surface area contributed by atoms with Crippen molar-refractivity contribution in [2.75, 3.05) is 0 Å². The zero-order chi connectivity index (χ0) is 24.9. The Morgan fingerprint density at radius 1 is 0.853 bits per heavy atom. The molecule has 0 fully saturated rings. The number of carbonyl (C=O) groups is 3. The van der Waals surface area contributed by atoms with Gasteiger partial charge < -0.3 is 30.2 Å². The number of esters is 1. The number of benzene rings is 3. The molecule has 4 N–H and O–H groups in total. The summed E-state index contributed by atoms with van der Waals surface area (Å²) in [6.45, 7) is 2.10. The number of rotatable bonds is 8. The molecule has 8 nitrogen and oxygen atoms in total. The van der Waals surface area contributed by atoms with Crippen molar-refractivity contribution >= 4 is 17.9 Å². The normalized spacial score (nSPS) is 12.1. The zero-order valence-corrected chi connectivity index (χ0v) is 18.7. The molecule has 178 valence electrons. The van der Waals surface area contributed by atoms with Crippen LogP contribution < -0.4 is 10.8 Å². The zero-order valence-electron chi connectivity index (χ0n) is 18.7. The monoisotopic (exact) mass is 465 g/mol. The Bertz CT molecular complexity index is 991. The average Bonchev–Trinajstić information content (AvgIpc) is 2.87. The van der Waals surface area contributed by atoms with Crippen molar-refractivity contribution in [3.63, 3.8) is 0 Å². The van der Waals surface area contributed by atoms with Crippen molar-refractivity contribution < 1.29 is 39.8 Å². The quantitative estimate of drug-likeness (QED) is 0.378. The minimum absolute atomic E-state index is 0.235. The maximum Gasteiger partial charge on any atom is 0.367 e. The lowest BCUT2D eigenvalue weighted by atomic mass is 10.0. The van der Waals surface area contributed by atoms with Gasteiger partial charge >= 0.3 is 11.9 Å². The van der Waals surface area contributed by atoms with Gasteiger partial charge in [-0.05, 0) is 23.6 Å². The minimum Gasteiger partial charge on any atom is -0.539 e. The molecule has 0 heterocycles. The molecule has 0 spiro atoms. The van der Waals surface area contributed by atoms with E-state index in [1.54, 1.807) is 0 Å². The number of quaternary nitrogens is 1. The van der Waals surface area contributed by atoms with Crippen LogP contribution in [-0.2, 0) is 30.5 Å². The lowest BCUT2D eigenvalue weighted by molar-refractivity contribution is -0.427. The molecule has 3 rings (SSSR count). The number of ether oxygens (including phenoxy) is 2. The number of hydrogen-bond donors (Lipinski definition) is 2. The molecular weight excluding hydrogens is 438 g/mol. The van der Waals surface area contributed by atoms with Crippen molar-refractivity contribution in [1.29, 1.82) is 0 Å². The van der Waals surface area contributed by atoms with E-state index in [4.69, 9.17) is 29.3 Å². The van der Waals surface area contributed by atoms with Gasteiger partial charge in [0.15, 0.2) is 5.97 Å². The van der Waals surface area contributed by atoms with Crippen molar-refractivity contribution in [3.05, 3.63) is 108 Å². The number of hydrogen-bond acceptors (Lipinski definition) is 6. The Morgan fingerprint density at radius 2 is 1.26 bits per heavy atom. The van der Waals surface area contributed by atoms with E-state index in [-0.39, 0.29) is 18.7 Å². The largest absolute Gasteiger partial charge is 0.539 e. The Labute approximate surface area is 197 Å². The van der Waals surface area contributed by atoms with Gasteiger partial charge in [0.25, 0.3) is 0 Å². The Balaban J connectivity index is 0.000000604. The first-order valence-electron chi connectivity index (χ1n) is 10.5. The van der Waals surface area contributed by atoms with E-state index in [2.05, 4.69) is 5.73 Å². The maximum atomic E-state index is 12.4. The summed E-state index contributed by atoms with van der Waals surface area (Å²) < 4.78 is 11.7. The van der Waals surface area contributed by atoms with Crippen LogP contribution in [0, 0.1) is 0 Å². The van der Waals surface area contributed by atoms with Crippen LogP contribution >= 0.6 is 0 Å². The summed E-state index contributed by atoms with van der Waals surface area (Å²) in [5.41, 5.74) is 7.00.